The Morgan fingerprint density at radius 3 is 2.71 bits per heavy atom. The molecule has 14 heavy (non-hydrogen) atoms. The Labute approximate surface area is 86.2 Å². The van der Waals surface area contributed by atoms with Crippen molar-refractivity contribution < 1.29 is 0 Å². The molecule has 1 heteroatoms. The zero-order valence-corrected chi connectivity index (χ0v) is 9.17. The first kappa shape index (κ1) is 10.7. The average molecular weight is 187 g/mol. The van der Waals surface area contributed by atoms with Crippen LogP contribution in [0.5, 0.6) is 0 Å². The van der Waals surface area contributed by atoms with E-state index in [9.17, 15) is 0 Å². The Balaban J connectivity index is 3.17. The van der Waals surface area contributed by atoms with Crippen LogP contribution < -0.4 is 0 Å². The monoisotopic (exact) mass is 187 g/mol. The maximum Gasteiger partial charge on any atom is 0.0727 e. The number of allylic oxidation sites excluding steroid dienone is 3. The van der Waals surface area contributed by atoms with E-state index in [4.69, 9.17) is 0 Å². The zero-order valence-electron chi connectivity index (χ0n) is 9.17. The summed E-state index contributed by atoms with van der Waals surface area (Å²) in [5.74, 6) is 0. The van der Waals surface area contributed by atoms with Gasteiger partial charge >= 0.3 is 0 Å². The molecule has 1 nitrogen and oxygen atoms in total. The number of aryl methyl sites for hydroxylation is 2. The molecule has 0 radical (unpaired) electrons. The van der Waals surface area contributed by atoms with Crippen molar-refractivity contribution in [3.63, 3.8) is 0 Å². The van der Waals surface area contributed by atoms with Gasteiger partial charge in [-0.15, -0.1) is 0 Å². The molecule has 0 atom stereocenters. The van der Waals surface area contributed by atoms with Crippen LogP contribution in [-0.2, 0) is 6.42 Å². The minimum atomic E-state index is 1.04. The molecule has 0 N–H and O–H groups in total. The summed E-state index contributed by atoms with van der Waals surface area (Å²) < 4.78 is 0. The number of hydrogen-bond donors (Lipinski definition) is 0. The zero-order chi connectivity index (χ0) is 10.6. The normalized spacial score (nSPS) is 11.5. The quantitative estimate of drug-likeness (QED) is 0.659. The van der Waals surface area contributed by atoms with Gasteiger partial charge in [-0.1, -0.05) is 31.7 Å². The molecule has 0 aliphatic rings. The van der Waals surface area contributed by atoms with Crippen molar-refractivity contribution in [3.8, 4) is 0 Å². The van der Waals surface area contributed by atoms with Gasteiger partial charge in [-0.05, 0) is 37.0 Å². The summed E-state index contributed by atoms with van der Waals surface area (Å²) in [5, 5.41) is 0. The van der Waals surface area contributed by atoms with Crippen LogP contribution >= 0.6 is 0 Å². The lowest BCUT2D eigenvalue weighted by Crippen LogP contribution is -1.94. The lowest BCUT2D eigenvalue weighted by Gasteiger charge is -2.06. The molecule has 1 rings (SSSR count). The van der Waals surface area contributed by atoms with E-state index < -0.39 is 0 Å². The maximum absolute atomic E-state index is 4.45. The number of pyridine rings is 1. The van der Waals surface area contributed by atoms with Gasteiger partial charge in [0, 0.05) is 6.20 Å². The predicted octanol–water partition coefficient (Wildman–Crippen LogP) is 3.54. The summed E-state index contributed by atoms with van der Waals surface area (Å²) in [7, 11) is 0. The minimum Gasteiger partial charge on any atom is -0.256 e. The van der Waals surface area contributed by atoms with Gasteiger partial charge in [-0.25, -0.2) is 0 Å². The molecule has 0 saturated carbocycles. The van der Waals surface area contributed by atoms with E-state index in [0.29, 0.717) is 0 Å². The van der Waals surface area contributed by atoms with Gasteiger partial charge in [0.1, 0.15) is 0 Å². The van der Waals surface area contributed by atoms with Crippen LogP contribution in [0.1, 0.15) is 30.7 Å². The smallest absolute Gasteiger partial charge is 0.0727 e. The SMILES string of the molecule is C=C/C(=C/C)c1ncc(CC)cc1C. The predicted molar refractivity (Wildman–Crippen MR) is 62.2 cm³/mol. The van der Waals surface area contributed by atoms with Crippen LogP contribution in [0.3, 0.4) is 0 Å². The molecule has 74 valence electrons. The highest BCUT2D eigenvalue weighted by Gasteiger charge is 2.03. The highest BCUT2D eigenvalue weighted by atomic mass is 14.7. The molecule has 0 spiro atoms. The van der Waals surface area contributed by atoms with Crippen molar-refractivity contribution in [3.05, 3.63) is 47.8 Å². The molecule has 0 bridgehead atoms. The standard InChI is InChI=1S/C13H17N/c1-5-11-8-10(4)13(14-9-11)12(6-2)7-3/h6-9H,2,5H2,1,3-4H3/b12-7-. The van der Waals surface area contributed by atoms with E-state index in [-0.39, 0.29) is 0 Å². The van der Waals surface area contributed by atoms with E-state index in [2.05, 4.69) is 31.5 Å². The molecule has 0 unspecified atom stereocenters. The summed E-state index contributed by atoms with van der Waals surface area (Å²) in [6, 6.07) is 2.19. The fourth-order valence-corrected chi connectivity index (χ4v) is 1.48. The fourth-order valence-electron chi connectivity index (χ4n) is 1.48. The van der Waals surface area contributed by atoms with E-state index in [1.165, 1.54) is 11.1 Å². The molecule has 0 aromatic carbocycles. The Morgan fingerprint density at radius 2 is 2.29 bits per heavy atom. The van der Waals surface area contributed by atoms with Crippen molar-refractivity contribution in [2.45, 2.75) is 27.2 Å². The lowest BCUT2D eigenvalue weighted by atomic mass is 10.0. The van der Waals surface area contributed by atoms with Crippen LogP contribution in [0, 0.1) is 6.92 Å². The third-order valence-corrected chi connectivity index (χ3v) is 2.35. The molecule has 0 aliphatic carbocycles. The number of rotatable bonds is 3. The van der Waals surface area contributed by atoms with Crippen molar-refractivity contribution in [1.29, 1.82) is 0 Å². The molecule has 0 aliphatic heterocycles. The number of nitrogens with zero attached hydrogens (tertiary/aromatic N) is 1. The number of hydrogen-bond acceptors (Lipinski definition) is 1. The summed E-state index contributed by atoms with van der Waals surface area (Å²) in [6.07, 6.45) is 6.86. The van der Waals surface area contributed by atoms with E-state index in [1.54, 1.807) is 0 Å². The van der Waals surface area contributed by atoms with Crippen molar-refractivity contribution in [2.75, 3.05) is 0 Å². The first-order valence-corrected chi connectivity index (χ1v) is 4.97. The maximum atomic E-state index is 4.45. The second kappa shape index (κ2) is 4.75. The van der Waals surface area contributed by atoms with Crippen LogP contribution in [0.15, 0.2) is 31.0 Å². The molecular formula is C13H17N. The van der Waals surface area contributed by atoms with Gasteiger partial charge in [0.25, 0.3) is 0 Å². The van der Waals surface area contributed by atoms with Gasteiger partial charge in [0.2, 0.25) is 0 Å². The molecule has 1 aromatic heterocycles. The van der Waals surface area contributed by atoms with Crippen LogP contribution in [0.25, 0.3) is 5.57 Å². The van der Waals surface area contributed by atoms with Crippen LogP contribution in [0.2, 0.25) is 0 Å². The van der Waals surface area contributed by atoms with E-state index in [0.717, 1.165) is 17.7 Å². The first-order chi connectivity index (χ1) is 6.72. The summed E-state index contributed by atoms with van der Waals surface area (Å²) in [5.41, 5.74) is 4.65. The Morgan fingerprint density at radius 1 is 1.57 bits per heavy atom. The van der Waals surface area contributed by atoms with Crippen molar-refractivity contribution in [1.82, 2.24) is 4.98 Å². The van der Waals surface area contributed by atoms with Gasteiger partial charge in [0.15, 0.2) is 0 Å². The minimum absolute atomic E-state index is 1.04. The molecule has 0 amide bonds. The fraction of sp³-hybridized carbons (Fsp3) is 0.308. The molecule has 0 saturated heterocycles. The Kier molecular flexibility index (Phi) is 3.63. The third kappa shape index (κ3) is 2.11. The highest BCUT2D eigenvalue weighted by molar-refractivity contribution is 5.72. The van der Waals surface area contributed by atoms with Gasteiger partial charge < -0.3 is 0 Å². The molecule has 0 fully saturated rings. The van der Waals surface area contributed by atoms with E-state index in [1.807, 2.05) is 25.3 Å². The topological polar surface area (TPSA) is 12.9 Å². The van der Waals surface area contributed by atoms with Crippen molar-refractivity contribution >= 4 is 5.57 Å². The highest BCUT2D eigenvalue weighted by Crippen LogP contribution is 2.18. The Bertz CT molecular complexity index is 361. The van der Waals surface area contributed by atoms with Crippen molar-refractivity contribution in [2.24, 2.45) is 0 Å². The first-order valence-electron chi connectivity index (χ1n) is 4.97. The number of aromatic nitrogens is 1. The van der Waals surface area contributed by atoms with Gasteiger partial charge in [-0.2, -0.15) is 0 Å². The van der Waals surface area contributed by atoms with Crippen LogP contribution in [0.4, 0.5) is 0 Å². The molecule has 1 aromatic rings. The lowest BCUT2D eigenvalue weighted by molar-refractivity contribution is 1.08. The Hall–Kier alpha value is -1.37. The van der Waals surface area contributed by atoms with Gasteiger partial charge in [-0.3, -0.25) is 4.98 Å². The van der Waals surface area contributed by atoms with Gasteiger partial charge in [0.05, 0.1) is 5.69 Å². The largest absolute Gasteiger partial charge is 0.256 e. The molecular weight excluding hydrogens is 170 g/mol. The summed E-state index contributed by atoms with van der Waals surface area (Å²) >= 11 is 0. The summed E-state index contributed by atoms with van der Waals surface area (Å²) in [6.45, 7) is 10.0. The second-order valence-corrected chi connectivity index (χ2v) is 3.31. The summed E-state index contributed by atoms with van der Waals surface area (Å²) in [4.78, 5) is 4.45. The average Bonchev–Trinajstić information content (AvgIpc) is 2.22. The van der Waals surface area contributed by atoms with Crippen LogP contribution in [-0.4, -0.2) is 4.98 Å². The molecule has 1 heterocycles. The second-order valence-electron chi connectivity index (χ2n) is 3.31. The van der Waals surface area contributed by atoms with E-state index >= 15 is 0 Å². The third-order valence-electron chi connectivity index (χ3n) is 2.35.